The van der Waals surface area contributed by atoms with E-state index in [1.807, 2.05) is 0 Å². The van der Waals surface area contributed by atoms with Crippen molar-refractivity contribution in [1.82, 2.24) is 9.97 Å². The van der Waals surface area contributed by atoms with Gasteiger partial charge in [0.2, 0.25) is 11.2 Å². The number of ether oxygens (including phenoxy) is 1. The molecule has 0 radical (unpaired) electrons. The fourth-order valence-electron chi connectivity index (χ4n) is 1.15. The first-order chi connectivity index (χ1) is 8.71. The number of nitrogens with zero attached hydrogens (tertiary/aromatic N) is 2. The summed E-state index contributed by atoms with van der Waals surface area (Å²) < 4.78 is 66.1. The van der Waals surface area contributed by atoms with Crippen molar-refractivity contribution in [3.05, 3.63) is 16.7 Å². The highest BCUT2D eigenvalue weighted by Gasteiger charge is 2.58. The molecule has 0 spiro atoms. The van der Waals surface area contributed by atoms with Crippen LogP contribution in [0.15, 0.2) is 11.4 Å². The third-order valence-electron chi connectivity index (χ3n) is 2.05. The molecule has 0 aliphatic rings. The highest BCUT2D eigenvalue weighted by Crippen LogP contribution is 2.37. The summed E-state index contributed by atoms with van der Waals surface area (Å²) in [4.78, 5) is 7.27. The van der Waals surface area contributed by atoms with Gasteiger partial charge in [-0.25, -0.2) is 4.98 Å². The van der Waals surface area contributed by atoms with Gasteiger partial charge < -0.3 is 4.74 Å². The van der Waals surface area contributed by atoms with Crippen molar-refractivity contribution >= 4 is 33.2 Å². The van der Waals surface area contributed by atoms with Gasteiger partial charge in [-0.2, -0.15) is 26.9 Å². The second-order valence-corrected chi connectivity index (χ2v) is 4.68. The molecule has 3 nitrogen and oxygen atoms in total. The standard InChI is InChI=1S/C9H4ClF5N2OS/c10-7-16-4-1-2-19-5(4)6(17-7)18-3-8(11,12)9(13,14)15/h1-2H,3H2. The Morgan fingerprint density at radius 3 is 2.53 bits per heavy atom. The van der Waals surface area contributed by atoms with Gasteiger partial charge in [0.05, 0.1) is 5.52 Å². The van der Waals surface area contributed by atoms with Crippen LogP contribution in [0.5, 0.6) is 5.88 Å². The van der Waals surface area contributed by atoms with Crippen molar-refractivity contribution < 1.29 is 26.7 Å². The Labute approximate surface area is 112 Å². The van der Waals surface area contributed by atoms with E-state index >= 15 is 0 Å². The molecule has 0 bridgehead atoms. The summed E-state index contributed by atoms with van der Waals surface area (Å²) in [5, 5.41) is 1.26. The van der Waals surface area contributed by atoms with E-state index in [1.165, 1.54) is 6.07 Å². The molecule has 0 amide bonds. The van der Waals surface area contributed by atoms with E-state index in [0.29, 0.717) is 5.52 Å². The lowest BCUT2D eigenvalue weighted by Gasteiger charge is -2.19. The Morgan fingerprint density at radius 2 is 1.89 bits per heavy atom. The molecule has 104 valence electrons. The molecule has 0 saturated carbocycles. The van der Waals surface area contributed by atoms with Gasteiger partial charge >= 0.3 is 12.1 Å². The van der Waals surface area contributed by atoms with Crippen molar-refractivity contribution in [1.29, 1.82) is 0 Å². The van der Waals surface area contributed by atoms with Crippen LogP contribution in [0.3, 0.4) is 0 Å². The first-order valence-corrected chi connectivity index (χ1v) is 5.94. The molecule has 0 aliphatic heterocycles. The second kappa shape index (κ2) is 4.71. The number of hydrogen-bond donors (Lipinski definition) is 0. The van der Waals surface area contributed by atoms with E-state index < -0.39 is 24.6 Å². The first kappa shape index (κ1) is 14.2. The minimum Gasteiger partial charge on any atom is -0.470 e. The molecule has 0 atom stereocenters. The Hall–Kier alpha value is -1.22. The Kier molecular flexibility index (Phi) is 3.52. The van der Waals surface area contributed by atoms with Gasteiger partial charge in [0.15, 0.2) is 6.61 Å². The van der Waals surface area contributed by atoms with Gasteiger partial charge in [-0.05, 0) is 23.0 Å². The van der Waals surface area contributed by atoms with Crippen LogP contribution in [-0.4, -0.2) is 28.7 Å². The molecule has 0 aromatic carbocycles. The third-order valence-corrected chi connectivity index (χ3v) is 3.11. The molecule has 2 heterocycles. The van der Waals surface area contributed by atoms with Crippen LogP contribution in [0.4, 0.5) is 22.0 Å². The minimum absolute atomic E-state index is 0.252. The van der Waals surface area contributed by atoms with Gasteiger partial charge in [0, 0.05) is 0 Å². The van der Waals surface area contributed by atoms with Crippen LogP contribution in [-0.2, 0) is 0 Å². The zero-order valence-electron chi connectivity index (χ0n) is 8.84. The third kappa shape index (κ3) is 2.86. The SMILES string of the molecule is FC(F)(F)C(F)(F)COc1nc(Cl)nc2ccsc12. The number of alkyl halides is 5. The molecular weight excluding hydrogens is 315 g/mol. The van der Waals surface area contributed by atoms with Crippen LogP contribution >= 0.6 is 22.9 Å². The molecule has 19 heavy (non-hydrogen) atoms. The Bertz CT molecular complexity index is 600. The van der Waals surface area contributed by atoms with Gasteiger partial charge in [-0.1, -0.05) is 0 Å². The van der Waals surface area contributed by atoms with Crippen molar-refractivity contribution in [2.75, 3.05) is 6.61 Å². The van der Waals surface area contributed by atoms with Crippen molar-refractivity contribution in [3.63, 3.8) is 0 Å². The largest absolute Gasteiger partial charge is 0.470 e. The first-order valence-electron chi connectivity index (χ1n) is 4.69. The number of halogens is 6. The summed E-state index contributed by atoms with van der Waals surface area (Å²) >= 11 is 6.56. The van der Waals surface area contributed by atoms with E-state index in [1.54, 1.807) is 5.38 Å². The molecule has 0 N–H and O–H groups in total. The number of aromatic nitrogens is 2. The number of thiophene rings is 1. The number of fused-ring (bicyclic) bond motifs is 1. The normalized spacial score (nSPS) is 12.9. The maximum Gasteiger partial charge on any atom is 0.456 e. The van der Waals surface area contributed by atoms with E-state index in [4.69, 9.17) is 11.6 Å². The lowest BCUT2D eigenvalue weighted by atomic mass is 10.3. The van der Waals surface area contributed by atoms with Crippen molar-refractivity contribution in [3.8, 4) is 5.88 Å². The molecule has 2 aromatic rings. The molecular formula is C9H4ClF5N2OS. The maximum absolute atomic E-state index is 12.7. The van der Waals surface area contributed by atoms with E-state index in [0.717, 1.165) is 11.3 Å². The van der Waals surface area contributed by atoms with Gasteiger partial charge in [-0.3, -0.25) is 0 Å². The zero-order chi connectivity index (χ0) is 14.3. The molecule has 10 heteroatoms. The summed E-state index contributed by atoms with van der Waals surface area (Å²) in [6.45, 7) is -1.86. The van der Waals surface area contributed by atoms with Gasteiger partial charge in [0.25, 0.3) is 0 Å². The summed E-state index contributed by atoms with van der Waals surface area (Å²) in [7, 11) is 0. The average Bonchev–Trinajstić information content (AvgIpc) is 2.72. The van der Waals surface area contributed by atoms with E-state index in [2.05, 4.69) is 14.7 Å². The van der Waals surface area contributed by atoms with Crippen LogP contribution in [0.25, 0.3) is 10.2 Å². The topological polar surface area (TPSA) is 35.0 Å². The van der Waals surface area contributed by atoms with Crippen LogP contribution in [0.1, 0.15) is 0 Å². The molecule has 0 aliphatic carbocycles. The van der Waals surface area contributed by atoms with Crippen LogP contribution in [0, 0.1) is 0 Å². The summed E-state index contributed by atoms with van der Waals surface area (Å²) in [6.07, 6.45) is -5.68. The van der Waals surface area contributed by atoms with Crippen LogP contribution < -0.4 is 4.74 Å². The lowest BCUT2D eigenvalue weighted by molar-refractivity contribution is -0.290. The van der Waals surface area contributed by atoms with E-state index in [9.17, 15) is 22.0 Å². The summed E-state index contributed by atoms with van der Waals surface area (Å²) in [5.74, 6) is -5.36. The Balaban J connectivity index is 2.25. The monoisotopic (exact) mass is 318 g/mol. The summed E-state index contributed by atoms with van der Waals surface area (Å²) in [6, 6.07) is 1.52. The Morgan fingerprint density at radius 1 is 1.21 bits per heavy atom. The van der Waals surface area contributed by atoms with E-state index in [-0.39, 0.29) is 9.98 Å². The van der Waals surface area contributed by atoms with Gasteiger partial charge in [0.1, 0.15) is 4.70 Å². The number of hydrogen-bond acceptors (Lipinski definition) is 4. The minimum atomic E-state index is -5.68. The lowest BCUT2D eigenvalue weighted by Crippen LogP contribution is -2.41. The van der Waals surface area contributed by atoms with Crippen molar-refractivity contribution in [2.24, 2.45) is 0 Å². The summed E-state index contributed by atoms with van der Waals surface area (Å²) in [5.41, 5.74) is 0.315. The zero-order valence-corrected chi connectivity index (χ0v) is 10.4. The molecule has 2 aromatic heterocycles. The fourth-order valence-corrected chi connectivity index (χ4v) is 2.09. The quantitative estimate of drug-likeness (QED) is 0.635. The molecule has 0 saturated heterocycles. The molecule has 2 rings (SSSR count). The average molecular weight is 319 g/mol. The molecule has 0 unspecified atom stereocenters. The highest BCUT2D eigenvalue weighted by atomic mass is 35.5. The van der Waals surface area contributed by atoms with Crippen LogP contribution in [0.2, 0.25) is 5.28 Å². The number of rotatable bonds is 3. The highest BCUT2D eigenvalue weighted by molar-refractivity contribution is 7.17. The fraction of sp³-hybridized carbons (Fsp3) is 0.333. The smallest absolute Gasteiger partial charge is 0.456 e. The van der Waals surface area contributed by atoms with Crippen molar-refractivity contribution in [2.45, 2.75) is 12.1 Å². The maximum atomic E-state index is 12.7. The van der Waals surface area contributed by atoms with Gasteiger partial charge in [-0.15, -0.1) is 11.3 Å². The second-order valence-electron chi connectivity index (χ2n) is 3.42. The predicted molar refractivity (Wildman–Crippen MR) is 58.9 cm³/mol. The molecule has 0 fully saturated rings. The predicted octanol–water partition coefficient (Wildman–Crippen LogP) is 3.92.